The van der Waals surface area contributed by atoms with Crippen LogP contribution in [0.5, 0.6) is 0 Å². The topological polar surface area (TPSA) is 67.3 Å². The fraction of sp³-hybridized carbons (Fsp3) is 0.667. The molecule has 1 aromatic rings. The van der Waals surface area contributed by atoms with E-state index in [0.29, 0.717) is 17.2 Å². The summed E-state index contributed by atoms with van der Waals surface area (Å²) in [5, 5.41) is 0.770. The van der Waals surface area contributed by atoms with Gasteiger partial charge in [-0.2, -0.15) is 0 Å². The molecular formula is C12H16N2O3S2. The van der Waals surface area contributed by atoms with Crippen molar-refractivity contribution in [3.05, 3.63) is 10.6 Å². The van der Waals surface area contributed by atoms with Gasteiger partial charge in [-0.15, -0.1) is 0 Å². The highest BCUT2D eigenvalue weighted by atomic mass is 32.2. The molecule has 5 nitrogen and oxygen atoms in total. The number of carbonyl (C=O) groups is 1. The maximum atomic E-state index is 11.5. The Morgan fingerprint density at radius 2 is 2.11 bits per heavy atom. The second kappa shape index (κ2) is 4.56. The molecule has 104 valence electrons. The van der Waals surface area contributed by atoms with Gasteiger partial charge < -0.3 is 4.90 Å². The van der Waals surface area contributed by atoms with Crippen molar-refractivity contribution in [2.75, 3.05) is 23.5 Å². The molecule has 1 saturated carbocycles. The van der Waals surface area contributed by atoms with Crippen LogP contribution in [0.3, 0.4) is 0 Å². The maximum absolute atomic E-state index is 11.5. The molecule has 3 rings (SSSR count). The van der Waals surface area contributed by atoms with Gasteiger partial charge in [-0.25, -0.2) is 13.4 Å². The molecule has 2 fully saturated rings. The monoisotopic (exact) mass is 300 g/mol. The Morgan fingerprint density at radius 1 is 1.37 bits per heavy atom. The molecule has 0 bridgehead atoms. The van der Waals surface area contributed by atoms with E-state index in [9.17, 15) is 13.2 Å². The molecule has 1 aliphatic heterocycles. The number of aromatic nitrogens is 1. The lowest BCUT2D eigenvalue weighted by atomic mass is 10.2. The molecule has 0 amide bonds. The Labute approximate surface area is 116 Å². The minimum atomic E-state index is -2.90. The predicted octanol–water partition coefficient (Wildman–Crippen LogP) is 1.46. The minimum absolute atomic E-state index is 0.0114. The molecule has 2 heterocycles. The summed E-state index contributed by atoms with van der Waals surface area (Å²) in [4.78, 5) is 18.3. The lowest BCUT2D eigenvalue weighted by Gasteiger charge is -2.22. The van der Waals surface area contributed by atoms with Gasteiger partial charge >= 0.3 is 0 Å². The Kier molecular flexibility index (Phi) is 3.13. The molecule has 0 spiro atoms. The first kappa shape index (κ1) is 13.1. The van der Waals surface area contributed by atoms with Gasteiger partial charge in [-0.05, 0) is 19.3 Å². The Balaban J connectivity index is 1.83. The molecular weight excluding hydrogens is 284 g/mol. The number of hydrogen-bond acceptors (Lipinski definition) is 6. The second-order valence-electron chi connectivity index (χ2n) is 5.31. The van der Waals surface area contributed by atoms with Crippen LogP contribution in [0.1, 0.15) is 40.5 Å². The smallest absolute Gasteiger partial charge is 0.186 e. The van der Waals surface area contributed by atoms with E-state index in [-0.39, 0.29) is 17.5 Å². The lowest BCUT2D eigenvalue weighted by molar-refractivity contribution is 0.112. The van der Waals surface area contributed by atoms with Crippen molar-refractivity contribution < 1.29 is 13.2 Å². The van der Waals surface area contributed by atoms with Gasteiger partial charge in [-0.3, -0.25) is 4.79 Å². The first-order valence-corrected chi connectivity index (χ1v) is 9.03. The number of aldehydes is 1. The zero-order chi connectivity index (χ0) is 13.6. The highest BCUT2D eigenvalue weighted by molar-refractivity contribution is 7.91. The number of thiazole rings is 1. The van der Waals surface area contributed by atoms with Gasteiger partial charge in [0, 0.05) is 19.0 Å². The lowest BCUT2D eigenvalue weighted by Crippen LogP contribution is -2.32. The van der Waals surface area contributed by atoms with E-state index >= 15 is 0 Å². The molecule has 2 aliphatic rings. The van der Waals surface area contributed by atoms with E-state index in [4.69, 9.17) is 0 Å². The van der Waals surface area contributed by atoms with Crippen LogP contribution in [-0.2, 0) is 9.84 Å². The third-order valence-electron chi connectivity index (χ3n) is 3.80. The number of rotatable bonds is 4. The molecule has 1 saturated heterocycles. The van der Waals surface area contributed by atoms with Crippen LogP contribution < -0.4 is 4.90 Å². The third kappa shape index (κ3) is 2.53. The largest absolute Gasteiger partial charge is 0.347 e. The van der Waals surface area contributed by atoms with E-state index in [2.05, 4.69) is 4.98 Å². The van der Waals surface area contributed by atoms with Crippen molar-refractivity contribution in [1.29, 1.82) is 0 Å². The van der Waals surface area contributed by atoms with Crippen molar-refractivity contribution in [2.45, 2.75) is 31.2 Å². The molecule has 7 heteroatoms. The fourth-order valence-corrected chi connectivity index (χ4v) is 5.23. The van der Waals surface area contributed by atoms with Crippen molar-refractivity contribution in [3.8, 4) is 0 Å². The normalized spacial score (nSPS) is 25.4. The number of anilines is 1. The Hall–Kier alpha value is -0.950. The summed E-state index contributed by atoms with van der Waals surface area (Å²) in [7, 11) is -1.03. The molecule has 1 unspecified atom stereocenters. The SMILES string of the molecule is CN(c1nc(C2CC2)c(C=O)s1)C1CCS(=O)(=O)C1. The molecule has 1 aliphatic carbocycles. The standard InChI is InChI=1S/C12H16N2O3S2/c1-14(9-4-5-19(16,17)7-9)12-13-11(8-2-3-8)10(6-15)18-12/h6,8-9H,2-5,7H2,1H3. The fourth-order valence-electron chi connectivity index (χ4n) is 2.45. The summed E-state index contributed by atoms with van der Waals surface area (Å²) < 4.78 is 23.0. The summed E-state index contributed by atoms with van der Waals surface area (Å²) in [5.41, 5.74) is 0.905. The summed E-state index contributed by atoms with van der Waals surface area (Å²) >= 11 is 1.37. The average molecular weight is 300 g/mol. The summed E-state index contributed by atoms with van der Waals surface area (Å²) in [6.07, 6.45) is 3.72. The maximum Gasteiger partial charge on any atom is 0.186 e. The van der Waals surface area contributed by atoms with E-state index < -0.39 is 9.84 Å². The molecule has 19 heavy (non-hydrogen) atoms. The number of nitrogens with zero attached hydrogens (tertiary/aromatic N) is 2. The van der Waals surface area contributed by atoms with Gasteiger partial charge in [0.05, 0.1) is 22.1 Å². The van der Waals surface area contributed by atoms with Gasteiger partial charge in [0.1, 0.15) is 0 Å². The Morgan fingerprint density at radius 3 is 2.63 bits per heavy atom. The van der Waals surface area contributed by atoms with Crippen molar-refractivity contribution in [3.63, 3.8) is 0 Å². The number of carbonyl (C=O) groups excluding carboxylic acids is 1. The van der Waals surface area contributed by atoms with E-state index in [0.717, 1.165) is 30.0 Å². The molecule has 0 aromatic carbocycles. The van der Waals surface area contributed by atoms with Crippen LogP contribution in [0.25, 0.3) is 0 Å². The molecule has 1 atom stereocenters. The van der Waals surface area contributed by atoms with Crippen LogP contribution in [-0.4, -0.2) is 44.3 Å². The molecule has 1 aromatic heterocycles. The van der Waals surface area contributed by atoms with Gasteiger partial charge in [0.25, 0.3) is 0 Å². The van der Waals surface area contributed by atoms with Crippen LogP contribution in [0, 0.1) is 0 Å². The first-order chi connectivity index (χ1) is 9.00. The number of sulfone groups is 1. The summed E-state index contributed by atoms with van der Waals surface area (Å²) in [6, 6.07) is -0.0114. The number of hydrogen-bond donors (Lipinski definition) is 0. The van der Waals surface area contributed by atoms with Crippen LogP contribution >= 0.6 is 11.3 Å². The van der Waals surface area contributed by atoms with Crippen molar-refractivity contribution >= 4 is 32.6 Å². The first-order valence-electron chi connectivity index (χ1n) is 6.39. The third-order valence-corrected chi connectivity index (χ3v) is 6.64. The van der Waals surface area contributed by atoms with Crippen molar-refractivity contribution in [2.24, 2.45) is 0 Å². The average Bonchev–Trinajstić information content (AvgIpc) is 3.02. The zero-order valence-corrected chi connectivity index (χ0v) is 12.3. The van der Waals surface area contributed by atoms with Gasteiger partial charge in [-0.1, -0.05) is 11.3 Å². The van der Waals surface area contributed by atoms with Crippen LogP contribution in [0.4, 0.5) is 5.13 Å². The van der Waals surface area contributed by atoms with E-state index in [1.165, 1.54) is 11.3 Å². The van der Waals surface area contributed by atoms with E-state index in [1.54, 1.807) is 0 Å². The quantitative estimate of drug-likeness (QED) is 0.787. The predicted molar refractivity (Wildman–Crippen MR) is 74.9 cm³/mol. The minimum Gasteiger partial charge on any atom is -0.347 e. The van der Waals surface area contributed by atoms with Gasteiger partial charge in [0.15, 0.2) is 21.3 Å². The summed E-state index contributed by atoms with van der Waals surface area (Å²) in [5.74, 6) is 0.882. The van der Waals surface area contributed by atoms with Gasteiger partial charge in [0.2, 0.25) is 0 Å². The molecule has 0 radical (unpaired) electrons. The Bertz CT molecular complexity index is 604. The highest BCUT2D eigenvalue weighted by Crippen LogP contribution is 2.43. The van der Waals surface area contributed by atoms with Crippen molar-refractivity contribution in [1.82, 2.24) is 4.98 Å². The zero-order valence-electron chi connectivity index (χ0n) is 10.7. The van der Waals surface area contributed by atoms with Crippen LogP contribution in [0.15, 0.2) is 0 Å². The van der Waals surface area contributed by atoms with Crippen LogP contribution in [0.2, 0.25) is 0 Å². The highest BCUT2D eigenvalue weighted by Gasteiger charge is 2.34. The summed E-state index contributed by atoms with van der Waals surface area (Å²) in [6.45, 7) is 0. The second-order valence-corrected chi connectivity index (χ2v) is 8.54. The van der Waals surface area contributed by atoms with E-state index in [1.807, 2.05) is 11.9 Å². The molecule has 0 N–H and O–H groups in total.